The summed E-state index contributed by atoms with van der Waals surface area (Å²) in [6.07, 6.45) is 1.32. The Bertz CT molecular complexity index is 742. The van der Waals surface area contributed by atoms with Gasteiger partial charge in [0.2, 0.25) is 5.91 Å². The highest BCUT2D eigenvalue weighted by Gasteiger charge is 2.43. The van der Waals surface area contributed by atoms with Gasteiger partial charge in [0.1, 0.15) is 15.7 Å². The Balaban J connectivity index is 1.92. The number of anilines is 1. The van der Waals surface area contributed by atoms with E-state index in [4.69, 9.17) is 0 Å². The third-order valence-electron chi connectivity index (χ3n) is 3.75. The Morgan fingerprint density at radius 3 is 3.15 bits per heavy atom. The van der Waals surface area contributed by atoms with Crippen molar-refractivity contribution in [2.45, 2.75) is 18.6 Å². The number of aliphatic hydroxyl groups excluding tert-OH is 1. The predicted octanol–water partition coefficient (Wildman–Crippen LogP) is 0.824. The lowest BCUT2D eigenvalue weighted by Crippen LogP contribution is -2.40. The fraction of sp³-hybridized carbons (Fsp3) is 0.308. The molecule has 2 amide bonds. The van der Waals surface area contributed by atoms with E-state index >= 15 is 0 Å². The zero-order valence-electron chi connectivity index (χ0n) is 10.4. The van der Waals surface area contributed by atoms with Crippen LogP contribution in [0.5, 0.6) is 0 Å². The van der Waals surface area contributed by atoms with E-state index in [0.717, 1.165) is 10.2 Å². The average Bonchev–Trinajstić information content (AvgIpc) is 2.97. The molecule has 0 aliphatic carbocycles. The molecule has 0 unspecified atom stereocenters. The molecule has 0 saturated carbocycles. The zero-order valence-corrected chi connectivity index (χ0v) is 11.2. The van der Waals surface area contributed by atoms with E-state index in [0.29, 0.717) is 17.0 Å². The number of carbonyl (C=O) groups excluding carboxylic acids is 2. The molecule has 0 aromatic carbocycles. The minimum absolute atomic E-state index is 0.206. The maximum absolute atomic E-state index is 12.6. The van der Waals surface area contributed by atoms with E-state index in [2.05, 4.69) is 10.3 Å². The number of aromatic nitrogens is 1. The number of amides is 2. The van der Waals surface area contributed by atoms with Gasteiger partial charge in [-0.1, -0.05) is 0 Å². The van der Waals surface area contributed by atoms with Gasteiger partial charge in [-0.25, -0.2) is 4.98 Å². The molecule has 4 rings (SSSR count). The molecule has 20 heavy (non-hydrogen) atoms. The normalized spacial score (nSPS) is 25.4. The molecule has 102 valence electrons. The van der Waals surface area contributed by atoms with Crippen molar-refractivity contribution in [1.29, 1.82) is 0 Å². The average molecular weight is 289 g/mol. The fourth-order valence-corrected chi connectivity index (χ4v) is 3.89. The molecule has 1 fully saturated rings. The smallest absolute Gasteiger partial charge is 0.266 e. The molecule has 2 aromatic rings. The van der Waals surface area contributed by atoms with E-state index < -0.39 is 12.1 Å². The topological polar surface area (TPSA) is 82.5 Å². The van der Waals surface area contributed by atoms with E-state index in [9.17, 15) is 14.7 Å². The monoisotopic (exact) mass is 289 g/mol. The first-order valence-electron chi connectivity index (χ1n) is 6.32. The van der Waals surface area contributed by atoms with Crippen LogP contribution in [-0.2, 0) is 4.79 Å². The number of aliphatic hydroxyl groups is 1. The van der Waals surface area contributed by atoms with E-state index in [-0.39, 0.29) is 18.4 Å². The molecule has 7 heteroatoms. The number of rotatable bonds is 0. The summed E-state index contributed by atoms with van der Waals surface area (Å²) in [5, 5.41) is 13.3. The molecular weight excluding hydrogens is 278 g/mol. The largest absolute Gasteiger partial charge is 0.391 e. The van der Waals surface area contributed by atoms with Gasteiger partial charge in [0.25, 0.3) is 5.91 Å². The summed E-state index contributed by atoms with van der Waals surface area (Å²) >= 11 is 1.27. The van der Waals surface area contributed by atoms with Crippen LogP contribution in [0, 0.1) is 0 Å². The summed E-state index contributed by atoms with van der Waals surface area (Å²) in [6.45, 7) is 0.206. The summed E-state index contributed by atoms with van der Waals surface area (Å²) < 4.78 is 0. The second kappa shape index (κ2) is 4.00. The number of hydrogen-bond acceptors (Lipinski definition) is 5. The molecule has 2 aliphatic rings. The van der Waals surface area contributed by atoms with Crippen molar-refractivity contribution in [2.75, 3.05) is 11.9 Å². The standard InChI is InChI=1S/C13H11N3O3S/c17-6-4-8-11(18)15-9-7-2-1-3-14-12(7)20-10(9)13(19)16(8)5-6/h1-3,6,8,17H,4-5H2,(H,15,18)/t6-,8+/m1/s1. The Labute approximate surface area is 118 Å². The van der Waals surface area contributed by atoms with Gasteiger partial charge in [-0.15, -0.1) is 11.3 Å². The van der Waals surface area contributed by atoms with Crippen LogP contribution < -0.4 is 5.32 Å². The van der Waals surface area contributed by atoms with Gasteiger partial charge < -0.3 is 15.3 Å². The first kappa shape index (κ1) is 11.8. The Kier molecular flexibility index (Phi) is 2.36. The Hall–Kier alpha value is -1.99. The van der Waals surface area contributed by atoms with Crippen LogP contribution >= 0.6 is 11.3 Å². The summed E-state index contributed by atoms with van der Waals surface area (Å²) in [5.74, 6) is -0.444. The third kappa shape index (κ3) is 1.50. The fourth-order valence-electron chi connectivity index (χ4n) is 2.83. The molecular formula is C13H11N3O3S. The van der Waals surface area contributed by atoms with Gasteiger partial charge in [0.15, 0.2) is 0 Å². The molecule has 4 heterocycles. The van der Waals surface area contributed by atoms with Gasteiger partial charge in [0.05, 0.1) is 11.8 Å². The molecule has 2 atom stereocenters. The van der Waals surface area contributed by atoms with Crippen LogP contribution in [0.1, 0.15) is 16.1 Å². The Morgan fingerprint density at radius 2 is 2.30 bits per heavy atom. The van der Waals surface area contributed by atoms with Gasteiger partial charge >= 0.3 is 0 Å². The minimum Gasteiger partial charge on any atom is -0.391 e. The number of fused-ring (bicyclic) bond motifs is 4. The van der Waals surface area contributed by atoms with Crippen molar-refractivity contribution in [1.82, 2.24) is 9.88 Å². The number of nitrogens with one attached hydrogen (secondary N) is 1. The highest BCUT2D eigenvalue weighted by atomic mass is 32.1. The molecule has 1 saturated heterocycles. The van der Waals surface area contributed by atoms with Crippen LogP contribution in [0.15, 0.2) is 18.3 Å². The molecule has 0 spiro atoms. The maximum Gasteiger partial charge on any atom is 0.266 e. The molecule has 2 aliphatic heterocycles. The van der Waals surface area contributed by atoms with Crippen LogP contribution in [-0.4, -0.2) is 45.5 Å². The highest BCUT2D eigenvalue weighted by Crippen LogP contribution is 2.38. The van der Waals surface area contributed by atoms with E-state index in [1.165, 1.54) is 16.2 Å². The Morgan fingerprint density at radius 1 is 1.45 bits per heavy atom. The summed E-state index contributed by atoms with van der Waals surface area (Å²) in [5.41, 5.74) is 0.553. The van der Waals surface area contributed by atoms with Crippen molar-refractivity contribution in [3.63, 3.8) is 0 Å². The lowest BCUT2D eigenvalue weighted by Gasteiger charge is -2.19. The van der Waals surface area contributed by atoms with Gasteiger partial charge in [-0.05, 0) is 12.1 Å². The van der Waals surface area contributed by atoms with E-state index in [1.807, 2.05) is 6.07 Å². The van der Waals surface area contributed by atoms with E-state index in [1.54, 1.807) is 12.3 Å². The number of carbonyl (C=O) groups is 2. The quantitative estimate of drug-likeness (QED) is 0.752. The second-order valence-corrected chi connectivity index (χ2v) is 6.01. The SMILES string of the molecule is O=C1Nc2c(sc3ncccc23)C(=O)N2C[C@H](O)C[C@@H]12. The number of nitrogens with zero attached hydrogens (tertiary/aromatic N) is 2. The van der Waals surface area contributed by atoms with Crippen molar-refractivity contribution in [3.05, 3.63) is 23.2 Å². The van der Waals surface area contributed by atoms with Crippen LogP contribution in [0.4, 0.5) is 5.69 Å². The molecule has 2 aromatic heterocycles. The van der Waals surface area contributed by atoms with Crippen molar-refractivity contribution in [3.8, 4) is 0 Å². The minimum atomic E-state index is -0.635. The maximum atomic E-state index is 12.6. The lowest BCUT2D eigenvalue weighted by molar-refractivity contribution is -0.119. The number of pyridine rings is 1. The van der Waals surface area contributed by atoms with Gasteiger partial charge in [-0.2, -0.15) is 0 Å². The highest BCUT2D eigenvalue weighted by molar-refractivity contribution is 7.21. The summed E-state index contributed by atoms with van der Waals surface area (Å²) in [6, 6.07) is 3.04. The predicted molar refractivity (Wildman–Crippen MR) is 73.7 cm³/mol. The van der Waals surface area contributed by atoms with Crippen LogP contribution in [0.25, 0.3) is 10.2 Å². The third-order valence-corrected chi connectivity index (χ3v) is 4.85. The zero-order chi connectivity index (χ0) is 13.9. The summed E-state index contributed by atoms with van der Waals surface area (Å²) in [4.78, 5) is 31.7. The molecule has 0 radical (unpaired) electrons. The van der Waals surface area contributed by atoms with Gasteiger partial charge in [-0.3, -0.25) is 9.59 Å². The first-order chi connectivity index (χ1) is 9.65. The van der Waals surface area contributed by atoms with Crippen LogP contribution in [0.2, 0.25) is 0 Å². The van der Waals surface area contributed by atoms with Crippen molar-refractivity contribution >= 4 is 39.1 Å². The lowest BCUT2D eigenvalue weighted by atomic mass is 10.2. The van der Waals surface area contributed by atoms with Crippen molar-refractivity contribution in [2.24, 2.45) is 0 Å². The molecule has 6 nitrogen and oxygen atoms in total. The molecule has 0 bridgehead atoms. The van der Waals surface area contributed by atoms with Crippen LogP contribution in [0.3, 0.4) is 0 Å². The second-order valence-electron chi connectivity index (χ2n) is 5.01. The van der Waals surface area contributed by atoms with Crippen molar-refractivity contribution < 1.29 is 14.7 Å². The first-order valence-corrected chi connectivity index (χ1v) is 7.14. The summed E-state index contributed by atoms with van der Waals surface area (Å²) in [7, 11) is 0. The number of hydrogen-bond donors (Lipinski definition) is 2. The molecule has 2 N–H and O–H groups in total. The van der Waals surface area contributed by atoms with Gasteiger partial charge in [0, 0.05) is 24.5 Å². The number of thiophene rings is 1.